The molecule has 3 heterocycles. The van der Waals surface area contributed by atoms with Crippen molar-refractivity contribution in [1.29, 1.82) is 0 Å². The number of rotatable bonds is 6. The summed E-state index contributed by atoms with van der Waals surface area (Å²) in [6.45, 7) is 0. The Labute approximate surface area is 404 Å². The Bertz CT molecular complexity index is 3890. The van der Waals surface area contributed by atoms with Crippen LogP contribution in [0.3, 0.4) is 0 Å². The normalized spacial score (nSPS) is 13.0. The van der Waals surface area contributed by atoms with Crippen molar-refractivity contribution < 1.29 is 0 Å². The van der Waals surface area contributed by atoms with E-state index in [-0.39, 0.29) is 0 Å². The van der Waals surface area contributed by atoms with Crippen LogP contribution in [0.5, 0.6) is 0 Å². The third kappa shape index (κ3) is 6.14. The first-order chi connectivity index (χ1) is 34.2. The highest BCUT2D eigenvalue weighted by Gasteiger charge is 2.50. The molecule has 2 aromatic heterocycles. The van der Waals surface area contributed by atoms with E-state index in [0.29, 0.717) is 17.5 Å². The summed E-state index contributed by atoms with van der Waals surface area (Å²) in [5.74, 6) is 1.88. The Morgan fingerprint density at radius 3 is 1.42 bits per heavy atom. The molecule has 0 saturated carbocycles. The minimum atomic E-state index is -0.402. The Balaban J connectivity index is 0.824. The summed E-state index contributed by atoms with van der Waals surface area (Å²) in [6.07, 6.45) is 0. The van der Waals surface area contributed by atoms with Crippen LogP contribution in [0.1, 0.15) is 22.3 Å². The first-order valence-electron chi connectivity index (χ1n) is 23.4. The Morgan fingerprint density at radius 2 is 0.768 bits per heavy atom. The number of para-hydroxylation sites is 2. The molecule has 1 aliphatic heterocycles. The Hall–Kier alpha value is -8.64. The number of aromatic nitrogens is 4. The maximum Gasteiger partial charge on any atom is 0.164 e. The SMILES string of the molecule is c1ccc(-c2nc(-c3ccc(-c4ccc(-c5cccc6c5-c5ccccc5C65c6ccccc6Sc6ccccc65)cc4)cc3)nc(-c3cccc(-n4c5ccccc5c5ccccc54)c3)n2)cc1. The molecular formula is C64H40N4S. The van der Waals surface area contributed by atoms with Crippen molar-refractivity contribution in [3.05, 3.63) is 265 Å². The second-order valence-electron chi connectivity index (χ2n) is 17.9. The van der Waals surface area contributed by atoms with E-state index in [4.69, 9.17) is 15.0 Å². The van der Waals surface area contributed by atoms with Gasteiger partial charge in [-0.05, 0) is 92.0 Å². The molecule has 0 atom stereocenters. The number of nitrogens with zero attached hydrogens (tertiary/aromatic N) is 4. The lowest BCUT2D eigenvalue weighted by Gasteiger charge is -2.39. The molecule has 2 aliphatic rings. The number of benzene rings is 10. The number of fused-ring (bicyclic) bond motifs is 12. The highest BCUT2D eigenvalue weighted by atomic mass is 32.2. The molecule has 0 amide bonds. The quantitative estimate of drug-likeness (QED) is 0.167. The molecule has 4 nitrogen and oxygen atoms in total. The molecule has 10 aromatic carbocycles. The van der Waals surface area contributed by atoms with Crippen LogP contribution >= 0.6 is 11.8 Å². The van der Waals surface area contributed by atoms with Gasteiger partial charge >= 0.3 is 0 Å². The number of hydrogen-bond acceptors (Lipinski definition) is 4. The van der Waals surface area contributed by atoms with Crippen molar-refractivity contribution in [1.82, 2.24) is 19.5 Å². The van der Waals surface area contributed by atoms with Gasteiger partial charge in [-0.2, -0.15) is 0 Å². The van der Waals surface area contributed by atoms with Gasteiger partial charge in [-0.25, -0.2) is 15.0 Å². The molecule has 0 fully saturated rings. The molecule has 0 bridgehead atoms. The van der Waals surface area contributed by atoms with Crippen LogP contribution in [-0.4, -0.2) is 19.5 Å². The zero-order valence-corrected chi connectivity index (χ0v) is 38.1. The average molecular weight is 897 g/mol. The van der Waals surface area contributed by atoms with Gasteiger partial charge < -0.3 is 4.57 Å². The van der Waals surface area contributed by atoms with Gasteiger partial charge in [0.1, 0.15) is 0 Å². The fourth-order valence-electron chi connectivity index (χ4n) is 11.1. The van der Waals surface area contributed by atoms with Crippen LogP contribution in [0, 0.1) is 0 Å². The van der Waals surface area contributed by atoms with E-state index in [1.807, 2.05) is 30.0 Å². The Kier molecular flexibility index (Phi) is 9.01. The topological polar surface area (TPSA) is 43.6 Å². The van der Waals surface area contributed by atoms with Gasteiger partial charge in [-0.15, -0.1) is 0 Å². The summed E-state index contributed by atoms with van der Waals surface area (Å²) in [5, 5.41) is 2.45. The smallest absolute Gasteiger partial charge is 0.164 e. The maximum atomic E-state index is 5.16. The molecule has 69 heavy (non-hydrogen) atoms. The van der Waals surface area contributed by atoms with Gasteiger partial charge in [0.2, 0.25) is 0 Å². The second kappa shape index (κ2) is 15.7. The van der Waals surface area contributed by atoms with Crippen molar-refractivity contribution >= 4 is 33.6 Å². The minimum absolute atomic E-state index is 0.402. The molecule has 0 radical (unpaired) electrons. The van der Waals surface area contributed by atoms with Crippen molar-refractivity contribution in [2.24, 2.45) is 0 Å². The standard InChI is InChI=1S/C64H40N4S/c1-2-16-44(17-3-1)61-65-62(67-63(66-61)46-18-14-19-47(40-46)68-56-28-10-5-20-49(56)50-21-6-11-29-57(50)68)45-38-34-42(35-39-45)41-32-36-43(37-33-41)48-23-15-27-55-60(48)51-22-4-7-24-52(51)64(55)53-25-8-12-30-58(53)69-59-31-13-9-26-54(59)64/h1-40H. The predicted octanol–water partition coefficient (Wildman–Crippen LogP) is 16.1. The van der Waals surface area contributed by atoms with Crippen LogP contribution < -0.4 is 0 Å². The van der Waals surface area contributed by atoms with Crippen LogP contribution in [0.4, 0.5) is 0 Å². The molecule has 0 unspecified atom stereocenters. The molecule has 12 aromatic rings. The largest absolute Gasteiger partial charge is 0.309 e. The summed E-state index contributed by atoms with van der Waals surface area (Å²) in [6, 6.07) is 87.5. The maximum absolute atomic E-state index is 5.16. The summed E-state index contributed by atoms with van der Waals surface area (Å²) in [4.78, 5) is 18.0. The van der Waals surface area contributed by atoms with Gasteiger partial charge in [0, 0.05) is 42.9 Å². The lowest BCUT2D eigenvalue weighted by Crippen LogP contribution is -2.31. The van der Waals surface area contributed by atoms with E-state index in [2.05, 4.69) is 229 Å². The van der Waals surface area contributed by atoms with E-state index in [1.54, 1.807) is 0 Å². The molecule has 1 aliphatic carbocycles. The molecule has 0 N–H and O–H groups in total. The van der Waals surface area contributed by atoms with Gasteiger partial charge in [-0.1, -0.05) is 218 Å². The average Bonchev–Trinajstić information content (AvgIpc) is 3.92. The Morgan fingerprint density at radius 1 is 0.319 bits per heavy atom. The molecular weight excluding hydrogens is 857 g/mol. The molecule has 0 saturated heterocycles. The van der Waals surface area contributed by atoms with E-state index < -0.39 is 5.41 Å². The minimum Gasteiger partial charge on any atom is -0.309 e. The van der Waals surface area contributed by atoms with Crippen molar-refractivity contribution in [3.63, 3.8) is 0 Å². The van der Waals surface area contributed by atoms with E-state index in [1.165, 1.54) is 65.1 Å². The highest BCUT2D eigenvalue weighted by Crippen LogP contribution is 2.63. The monoisotopic (exact) mass is 896 g/mol. The third-order valence-electron chi connectivity index (χ3n) is 14.2. The molecule has 1 spiro atoms. The summed E-state index contributed by atoms with van der Waals surface area (Å²) in [5.41, 5.74) is 18.4. The zero-order valence-electron chi connectivity index (χ0n) is 37.3. The van der Waals surface area contributed by atoms with Gasteiger partial charge in [0.25, 0.3) is 0 Å². The number of hydrogen-bond donors (Lipinski definition) is 0. The van der Waals surface area contributed by atoms with Crippen LogP contribution in [-0.2, 0) is 5.41 Å². The summed E-state index contributed by atoms with van der Waals surface area (Å²) >= 11 is 1.88. The fourth-order valence-corrected chi connectivity index (χ4v) is 12.3. The van der Waals surface area contributed by atoms with Crippen LogP contribution in [0.25, 0.3) is 95.0 Å². The third-order valence-corrected chi connectivity index (χ3v) is 15.3. The van der Waals surface area contributed by atoms with E-state index >= 15 is 0 Å². The van der Waals surface area contributed by atoms with E-state index in [0.717, 1.165) is 44.5 Å². The summed E-state index contributed by atoms with van der Waals surface area (Å²) in [7, 11) is 0. The van der Waals surface area contributed by atoms with Crippen molar-refractivity contribution in [2.75, 3.05) is 0 Å². The first kappa shape index (κ1) is 39.5. The summed E-state index contributed by atoms with van der Waals surface area (Å²) < 4.78 is 2.33. The highest BCUT2D eigenvalue weighted by molar-refractivity contribution is 7.99. The van der Waals surface area contributed by atoms with Gasteiger partial charge in [0.05, 0.1) is 16.4 Å². The van der Waals surface area contributed by atoms with Crippen LogP contribution in [0.15, 0.2) is 252 Å². The molecule has 322 valence electrons. The first-order valence-corrected chi connectivity index (χ1v) is 24.2. The molecule has 14 rings (SSSR count). The lowest BCUT2D eigenvalue weighted by atomic mass is 9.67. The predicted molar refractivity (Wildman–Crippen MR) is 283 cm³/mol. The second-order valence-corrected chi connectivity index (χ2v) is 18.9. The fraction of sp³-hybridized carbons (Fsp3) is 0.0156. The lowest BCUT2D eigenvalue weighted by molar-refractivity contribution is 0.722. The van der Waals surface area contributed by atoms with Crippen molar-refractivity contribution in [2.45, 2.75) is 15.2 Å². The van der Waals surface area contributed by atoms with E-state index in [9.17, 15) is 0 Å². The molecule has 5 heteroatoms. The van der Waals surface area contributed by atoms with Gasteiger partial charge in [0.15, 0.2) is 17.5 Å². The van der Waals surface area contributed by atoms with Gasteiger partial charge in [-0.3, -0.25) is 0 Å². The van der Waals surface area contributed by atoms with Crippen molar-refractivity contribution in [3.8, 4) is 73.2 Å². The van der Waals surface area contributed by atoms with Crippen LogP contribution in [0.2, 0.25) is 0 Å². The zero-order chi connectivity index (χ0) is 45.5.